The Bertz CT molecular complexity index is 866. The van der Waals surface area contributed by atoms with Crippen molar-refractivity contribution in [2.75, 3.05) is 24.3 Å². The summed E-state index contributed by atoms with van der Waals surface area (Å²) in [5.74, 6) is -1.43. The molecule has 0 heterocycles. The maximum atomic E-state index is 12.1. The van der Waals surface area contributed by atoms with Crippen LogP contribution in [-0.4, -0.2) is 36.8 Å². The molecule has 1 amide bonds. The quantitative estimate of drug-likeness (QED) is 0.536. The second-order valence-electron chi connectivity index (χ2n) is 6.03. The molecule has 2 aromatic rings. The van der Waals surface area contributed by atoms with Crippen LogP contribution >= 0.6 is 11.8 Å². The number of ether oxygens (including phenoxy) is 2. The number of thioether (sulfide) groups is 1. The molecule has 0 aliphatic carbocycles. The number of hydrogen-bond donors (Lipinski definition) is 1. The number of carbonyl (C=O) groups is 3. The van der Waals surface area contributed by atoms with Crippen LogP contribution in [0.4, 0.5) is 5.69 Å². The average molecular weight is 401 g/mol. The first-order chi connectivity index (χ1) is 13.4. The normalized spacial score (nSPS) is 10.2. The molecule has 2 rings (SSSR count). The highest BCUT2D eigenvalue weighted by Gasteiger charge is 2.15. The molecule has 0 aliphatic rings. The van der Waals surface area contributed by atoms with Gasteiger partial charge in [0.2, 0.25) is 0 Å². The van der Waals surface area contributed by atoms with Gasteiger partial charge in [-0.2, -0.15) is 0 Å². The van der Waals surface area contributed by atoms with Gasteiger partial charge in [0, 0.05) is 4.90 Å². The van der Waals surface area contributed by atoms with Crippen LogP contribution in [0.3, 0.4) is 0 Å². The summed E-state index contributed by atoms with van der Waals surface area (Å²) >= 11 is 1.37. The molecule has 28 heavy (non-hydrogen) atoms. The summed E-state index contributed by atoms with van der Waals surface area (Å²) in [7, 11) is 0. The minimum absolute atomic E-state index is 0.108. The van der Waals surface area contributed by atoms with Crippen LogP contribution in [0.2, 0.25) is 0 Å². The summed E-state index contributed by atoms with van der Waals surface area (Å²) in [6, 6.07) is 12.5. The molecule has 0 saturated heterocycles. The first-order valence-corrected chi connectivity index (χ1v) is 9.81. The fourth-order valence-electron chi connectivity index (χ4n) is 2.35. The van der Waals surface area contributed by atoms with E-state index in [1.54, 1.807) is 31.2 Å². The Labute approximate surface area is 168 Å². The van der Waals surface area contributed by atoms with Crippen LogP contribution in [0.15, 0.2) is 47.4 Å². The highest BCUT2D eigenvalue weighted by Crippen LogP contribution is 2.23. The van der Waals surface area contributed by atoms with Crippen LogP contribution in [-0.2, 0) is 19.1 Å². The molecule has 0 fully saturated rings. The molecule has 0 radical (unpaired) electrons. The van der Waals surface area contributed by atoms with Crippen LogP contribution in [0.5, 0.6) is 0 Å². The highest BCUT2D eigenvalue weighted by atomic mass is 32.2. The second-order valence-corrected chi connectivity index (χ2v) is 7.05. The first-order valence-electron chi connectivity index (χ1n) is 8.82. The van der Waals surface area contributed by atoms with Gasteiger partial charge in [-0.05, 0) is 44.5 Å². The number of carbonyl (C=O) groups excluding carboxylic acids is 3. The predicted octanol–water partition coefficient (Wildman–Crippen LogP) is 3.75. The lowest BCUT2D eigenvalue weighted by molar-refractivity contribution is -0.144. The van der Waals surface area contributed by atoms with Gasteiger partial charge in [-0.1, -0.05) is 29.8 Å². The van der Waals surface area contributed by atoms with Crippen molar-refractivity contribution in [1.82, 2.24) is 0 Å². The Kier molecular flexibility index (Phi) is 8.07. The van der Waals surface area contributed by atoms with Crippen molar-refractivity contribution in [3.05, 3.63) is 59.2 Å². The molecular weight excluding hydrogens is 378 g/mol. The third kappa shape index (κ3) is 6.42. The lowest BCUT2D eigenvalue weighted by Crippen LogP contribution is -2.23. The van der Waals surface area contributed by atoms with E-state index in [1.807, 2.05) is 32.0 Å². The Hall–Kier alpha value is -2.80. The molecular formula is C21H23NO5S. The first kappa shape index (κ1) is 21.5. The third-order valence-electron chi connectivity index (χ3n) is 3.75. The summed E-state index contributed by atoms with van der Waals surface area (Å²) in [4.78, 5) is 36.9. The average Bonchev–Trinajstić information content (AvgIpc) is 2.67. The summed E-state index contributed by atoms with van der Waals surface area (Å²) in [5.41, 5.74) is 2.75. The van der Waals surface area contributed by atoms with E-state index in [9.17, 15) is 14.4 Å². The van der Waals surface area contributed by atoms with E-state index < -0.39 is 24.5 Å². The van der Waals surface area contributed by atoms with Crippen LogP contribution in [0, 0.1) is 13.8 Å². The van der Waals surface area contributed by atoms with Crippen molar-refractivity contribution in [3.8, 4) is 0 Å². The minimum Gasteiger partial charge on any atom is -0.462 e. The van der Waals surface area contributed by atoms with Gasteiger partial charge in [-0.3, -0.25) is 9.59 Å². The molecule has 0 saturated carbocycles. The standard InChI is InChI=1S/C21H23NO5S/c1-4-26-21(25)16-7-5-6-8-17(16)22-19(23)12-27-20(24)13-28-18-11-14(2)9-10-15(18)3/h5-11H,4,12-13H2,1-3H3,(H,22,23). The zero-order valence-corrected chi connectivity index (χ0v) is 16.9. The van der Waals surface area contributed by atoms with Gasteiger partial charge in [0.05, 0.1) is 23.6 Å². The van der Waals surface area contributed by atoms with E-state index in [0.29, 0.717) is 5.69 Å². The molecule has 0 aliphatic heterocycles. The van der Waals surface area contributed by atoms with Crippen LogP contribution < -0.4 is 5.32 Å². The monoisotopic (exact) mass is 401 g/mol. The van der Waals surface area contributed by atoms with Crippen molar-refractivity contribution >= 4 is 35.3 Å². The summed E-state index contributed by atoms with van der Waals surface area (Å²) in [6.45, 7) is 5.47. The van der Waals surface area contributed by atoms with Gasteiger partial charge in [-0.25, -0.2) is 4.79 Å². The Balaban J connectivity index is 1.85. The maximum Gasteiger partial charge on any atom is 0.340 e. The van der Waals surface area contributed by atoms with Gasteiger partial charge in [0.1, 0.15) is 0 Å². The molecule has 2 aromatic carbocycles. The Morgan fingerprint density at radius 3 is 2.54 bits per heavy atom. The van der Waals surface area contributed by atoms with Gasteiger partial charge >= 0.3 is 11.9 Å². The second kappa shape index (κ2) is 10.5. The molecule has 0 atom stereocenters. The third-order valence-corrected chi connectivity index (χ3v) is 4.88. The van der Waals surface area contributed by atoms with E-state index in [2.05, 4.69) is 5.32 Å². The largest absolute Gasteiger partial charge is 0.462 e. The number of benzene rings is 2. The van der Waals surface area contributed by atoms with Crippen molar-refractivity contribution in [3.63, 3.8) is 0 Å². The molecule has 148 valence electrons. The van der Waals surface area contributed by atoms with Crippen molar-refractivity contribution in [1.29, 1.82) is 0 Å². The molecule has 0 aromatic heterocycles. The van der Waals surface area contributed by atoms with Crippen LogP contribution in [0.1, 0.15) is 28.4 Å². The fraction of sp³-hybridized carbons (Fsp3) is 0.286. The molecule has 6 nitrogen and oxygen atoms in total. The summed E-state index contributed by atoms with van der Waals surface area (Å²) in [6.07, 6.45) is 0. The van der Waals surface area contributed by atoms with E-state index in [4.69, 9.17) is 9.47 Å². The summed E-state index contributed by atoms with van der Waals surface area (Å²) in [5, 5.41) is 2.57. The van der Waals surface area contributed by atoms with Gasteiger partial charge in [0.15, 0.2) is 6.61 Å². The number of rotatable bonds is 8. The molecule has 0 unspecified atom stereocenters. The van der Waals surface area contributed by atoms with Gasteiger partial charge < -0.3 is 14.8 Å². The molecule has 7 heteroatoms. The van der Waals surface area contributed by atoms with E-state index in [0.717, 1.165) is 16.0 Å². The zero-order valence-electron chi connectivity index (χ0n) is 16.1. The lowest BCUT2D eigenvalue weighted by atomic mass is 10.2. The zero-order chi connectivity index (χ0) is 20.5. The fourth-order valence-corrected chi connectivity index (χ4v) is 3.27. The number of esters is 2. The topological polar surface area (TPSA) is 81.7 Å². The van der Waals surface area contributed by atoms with Gasteiger partial charge in [-0.15, -0.1) is 11.8 Å². The Morgan fingerprint density at radius 2 is 1.79 bits per heavy atom. The number of nitrogens with one attached hydrogen (secondary N) is 1. The van der Waals surface area contributed by atoms with E-state index in [1.165, 1.54) is 11.8 Å². The SMILES string of the molecule is CCOC(=O)c1ccccc1NC(=O)COC(=O)CSc1cc(C)ccc1C. The smallest absolute Gasteiger partial charge is 0.340 e. The van der Waals surface area contributed by atoms with Crippen molar-refractivity contribution in [2.24, 2.45) is 0 Å². The number of anilines is 1. The number of para-hydroxylation sites is 1. The maximum absolute atomic E-state index is 12.1. The van der Waals surface area contributed by atoms with E-state index in [-0.39, 0.29) is 17.9 Å². The van der Waals surface area contributed by atoms with E-state index >= 15 is 0 Å². The van der Waals surface area contributed by atoms with Gasteiger partial charge in [0.25, 0.3) is 5.91 Å². The van der Waals surface area contributed by atoms with Crippen LogP contribution in [0.25, 0.3) is 0 Å². The van der Waals surface area contributed by atoms with Crippen molar-refractivity contribution < 1.29 is 23.9 Å². The Morgan fingerprint density at radius 1 is 1.04 bits per heavy atom. The number of aryl methyl sites for hydroxylation is 2. The molecule has 0 spiro atoms. The highest BCUT2D eigenvalue weighted by molar-refractivity contribution is 8.00. The minimum atomic E-state index is -0.527. The molecule has 1 N–H and O–H groups in total. The lowest BCUT2D eigenvalue weighted by Gasteiger charge is -2.11. The van der Waals surface area contributed by atoms with Crippen molar-refractivity contribution in [2.45, 2.75) is 25.7 Å². The number of hydrogen-bond acceptors (Lipinski definition) is 6. The number of amides is 1. The summed E-state index contributed by atoms with van der Waals surface area (Å²) < 4.78 is 9.99. The molecule has 0 bridgehead atoms. The predicted molar refractivity (Wildman–Crippen MR) is 109 cm³/mol.